The van der Waals surface area contributed by atoms with Crippen molar-refractivity contribution in [2.24, 2.45) is 0 Å². The van der Waals surface area contributed by atoms with Gasteiger partial charge in [0.2, 0.25) is 0 Å². The van der Waals surface area contributed by atoms with Crippen LogP contribution in [0.3, 0.4) is 0 Å². The van der Waals surface area contributed by atoms with Crippen molar-refractivity contribution < 1.29 is 9.13 Å². The Morgan fingerprint density at radius 3 is 2.81 bits per heavy atom. The van der Waals surface area contributed by atoms with Crippen molar-refractivity contribution >= 4 is 5.65 Å². The van der Waals surface area contributed by atoms with Crippen LogP contribution in [0.2, 0.25) is 0 Å². The molecular weight excluding hydrogens is 405 g/mol. The molecule has 1 unspecified atom stereocenters. The molecule has 5 rings (SSSR count). The monoisotopic (exact) mass is 427 g/mol. The Morgan fingerprint density at radius 1 is 1.12 bits per heavy atom. The fraction of sp³-hybridized carbons (Fsp3) is 0.240. The normalized spacial score (nSPS) is 16.8. The van der Waals surface area contributed by atoms with Gasteiger partial charge in [0.15, 0.2) is 5.65 Å². The summed E-state index contributed by atoms with van der Waals surface area (Å²) in [5.74, 6) is -0.226. The first kappa shape index (κ1) is 20.3. The highest BCUT2D eigenvalue weighted by atomic mass is 19.1. The Hall–Kier alpha value is -3.60. The second-order valence-electron chi connectivity index (χ2n) is 7.86. The quantitative estimate of drug-likeness (QED) is 0.481. The Bertz CT molecular complexity index is 1280. The first-order valence-electron chi connectivity index (χ1n) is 10.6. The van der Waals surface area contributed by atoms with E-state index in [1.807, 2.05) is 34.8 Å². The Labute approximate surface area is 185 Å². The van der Waals surface area contributed by atoms with Crippen LogP contribution in [-0.4, -0.2) is 45.8 Å². The number of aromatic nitrogens is 3. The molecule has 1 fully saturated rings. The second kappa shape index (κ2) is 8.87. The third-order valence-corrected chi connectivity index (χ3v) is 5.86. The van der Waals surface area contributed by atoms with Gasteiger partial charge in [-0.3, -0.25) is 4.90 Å². The fourth-order valence-corrected chi connectivity index (χ4v) is 4.14. The molecule has 0 spiro atoms. The number of benzene rings is 2. The topological polar surface area (TPSA) is 66.5 Å². The summed E-state index contributed by atoms with van der Waals surface area (Å²) in [7, 11) is 0. The molecule has 160 valence electrons. The highest BCUT2D eigenvalue weighted by Gasteiger charge is 2.24. The number of rotatable bonds is 5. The van der Waals surface area contributed by atoms with Crippen LogP contribution >= 0.6 is 0 Å². The van der Waals surface area contributed by atoms with Crippen molar-refractivity contribution in [1.82, 2.24) is 19.5 Å². The van der Waals surface area contributed by atoms with Crippen LogP contribution in [0.4, 0.5) is 4.39 Å². The van der Waals surface area contributed by atoms with Gasteiger partial charge in [-0.15, -0.1) is 0 Å². The van der Waals surface area contributed by atoms with E-state index in [-0.39, 0.29) is 11.9 Å². The van der Waals surface area contributed by atoms with E-state index < -0.39 is 0 Å². The summed E-state index contributed by atoms with van der Waals surface area (Å²) in [6.07, 6.45) is 2.56. The standard InChI is InChI=1S/C25H22FN5O/c26-21-3-1-2-20(14-21)24-17-32-13-12-30(24)11-10-22-8-9-25-28-16-23(31(25)29-22)19-6-4-18(15-27)5-7-19/h1-9,14,16,24H,10-13,17H2. The molecule has 32 heavy (non-hydrogen) atoms. The number of hydrogen-bond acceptors (Lipinski definition) is 5. The molecule has 0 radical (unpaired) electrons. The zero-order valence-corrected chi connectivity index (χ0v) is 17.5. The van der Waals surface area contributed by atoms with Gasteiger partial charge in [0, 0.05) is 25.1 Å². The number of morpholine rings is 1. The van der Waals surface area contributed by atoms with Crippen LogP contribution in [0, 0.1) is 17.1 Å². The minimum absolute atomic E-state index is 0.0330. The lowest BCUT2D eigenvalue weighted by molar-refractivity contribution is -0.00805. The van der Waals surface area contributed by atoms with Crippen molar-refractivity contribution in [3.05, 3.63) is 89.5 Å². The molecule has 0 aliphatic carbocycles. The first-order valence-corrected chi connectivity index (χ1v) is 10.6. The Kier molecular flexibility index (Phi) is 5.63. The molecule has 2 aromatic carbocycles. The van der Waals surface area contributed by atoms with E-state index in [2.05, 4.69) is 16.0 Å². The molecule has 2 aromatic heterocycles. The molecule has 1 atom stereocenters. The predicted molar refractivity (Wildman–Crippen MR) is 118 cm³/mol. The largest absolute Gasteiger partial charge is 0.378 e. The van der Waals surface area contributed by atoms with Crippen LogP contribution in [0.25, 0.3) is 16.9 Å². The molecule has 0 bridgehead atoms. The van der Waals surface area contributed by atoms with Crippen LogP contribution in [0.1, 0.15) is 22.9 Å². The van der Waals surface area contributed by atoms with E-state index in [4.69, 9.17) is 15.1 Å². The maximum atomic E-state index is 13.7. The van der Waals surface area contributed by atoms with E-state index in [0.717, 1.165) is 47.7 Å². The van der Waals surface area contributed by atoms with Gasteiger partial charge in [-0.05, 0) is 42.0 Å². The van der Waals surface area contributed by atoms with Crippen molar-refractivity contribution in [1.29, 1.82) is 5.26 Å². The number of ether oxygens (including phenoxy) is 1. The summed E-state index contributed by atoms with van der Waals surface area (Å²) < 4.78 is 21.3. The summed E-state index contributed by atoms with van der Waals surface area (Å²) in [5, 5.41) is 13.9. The van der Waals surface area contributed by atoms with E-state index in [1.54, 1.807) is 30.5 Å². The average Bonchev–Trinajstić information content (AvgIpc) is 3.26. The predicted octanol–water partition coefficient (Wildman–Crippen LogP) is 4.02. The first-order chi connectivity index (χ1) is 15.7. The van der Waals surface area contributed by atoms with Crippen molar-refractivity contribution in [3.8, 4) is 17.3 Å². The molecule has 3 heterocycles. The lowest BCUT2D eigenvalue weighted by atomic mass is 10.0. The molecule has 1 saturated heterocycles. The van der Waals surface area contributed by atoms with Crippen LogP contribution in [0.5, 0.6) is 0 Å². The van der Waals surface area contributed by atoms with Gasteiger partial charge < -0.3 is 4.74 Å². The van der Waals surface area contributed by atoms with Crippen LogP contribution in [-0.2, 0) is 11.2 Å². The average molecular weight is 427 g/mol. The maximum Gasteiger partial charge on any atom is 0.154 e. The lowest BCUT2D eigenvalue weighted by Crippen LogP contribution is -2.40. The van der Waals surface area contributed by atoms with Gasteiger partial charge in [0.1, 0.15) is 5.82 Å². The molecular formula is C25H22FN5O. The molecule has 0 saturated carbocycles. The van der Waals surface area contributed by atoms with Crippen LogP contribution < -0.4 is 0 Å². The lowest BCUT2D eigenvalue weighted by Gasteiger charge is -2.35. The number of nitriles is 1. The Balaban J connectivity index is 1.36. The highest BCUT2D eigenvalue weighted by molar-refractivity contribution is 5.63. The van der Waals surface area contributed by atoms with E-state index in [0.29, 0.717) is 18.8 Å². The summed E-state index contributed by atoms with van der Waals surface area (Å²) in [4.78, 5) is 6.79. The van der Waals surface area contributed by atoms with Crippen molar-refractivity contribution in [2.75, 3.05) is 26.3 Å². The SMILES string of the molecule is N#Cc1ccc(-c2cnc3ccc(CCN4CCOCC4c4cccc(F)c4)nn23)cc1. The van der Waals surface area contributed by atoms with Gasteiger partial charge in [-0.25, -0.2) is 13.9 Å². The smallest absolute Gasteiger partial charge is 0.154 e. The zero-order valence-electron chi connectivity index (χ0n) is 17.5. The Morgan fingerprint density at radius 2 is 2.00 bits per heavy atom. The summed E-state index contributed by atoms with van der Waals surface area (Å²) in [6.45, 7) is 2.82. The number of hydrogen-bond donors (Lipinski definition) is 0. The van der Waals surface area contributed by atoms with Crippen molar-refractivity contribution in [2.45, 2.75) is 12.5 Å². The number of halogens is 1. The summed E-state index contributed by atoms with van der Waals surface area (Å²) >= 11 is 0. The van der Waals surface area contributed by atoms with Gasteiger partial charge in [-0.1, -0.05) is 24.3 Å². The minimum Gasteiger partial charge on any atom is -0.378 e. The summed E-state index contributed by atoms with van der Waals surface area (Å²) in [6, 6.07) is 20.3. The molecule has 1 aliphatic rings. The molecule has 1 aliphatic heterocycles. The third-order valence-electron chi connectivity index (χ3n) is 5.86. The third kappa shape index (κ3) is 4.11. The van der Waals surface area contributed by atoms with E-state index in [9.17, 15) is 4.39 Å². The van der Waals surface area contributed by atoms with Crippen LogP contribution in [0.15, 0.2) is 66.9 Å². The second-order valence-corrected chi connectivity index (χ2v) is 7.86. The number of imidazole rings is 1. The minimum atomic E-state index is -0.226. The molecule has 6 nitrogen and oxygen atoms in total. The molecule has 7 heteroatoms. The van der Waals surface area contributed by atoms with Gasteiger partial charge in [0.25, 0.3) is 0 Å². The van der Waals surface area contributed by atoms with Gasteiger partial charge >= 0.3 is 0 Å². The zero-order chi connectivity index (χ0) is 21.9. The van der Waals surface area contributed by atoms with E-state index >= 15 is 0 Å². The van der Waals surface area contributed by atoms with E-state index in [1.165, 1.54) is 6.07 Å². The fourth-order valence-electron chi connectivity index (χ4n) is 4.14. The maximum absolute atomic E-state index is 13.7. The van der Waals surface area contributed by atoms with Gasteiger partial charge in [0.05, 0.1) is 48.5 Å². The van der Waals surface area contributed by atoms with Crippen molar-refractivity contribution in [3.63, 3.8) is 0 Å². The number of fused-ring (bicyclic) bond motifs is 1. The molecule has 0 N–H and O–H groups in total. The van der Waals surface area contributed by atoms with Gasteiger partial charge in [-0.2, -0.15) is 10.4 Å². The number of nitrogens with zero attached hydrogens (tertiary/aromatic N) is 5. The highest BCUT2D eigenvalue weighted by Crippen LogP contribution is 2.25. The summed E-state index contributed by atoms with van der Waals surface area (Å²) in [5.41, 5.74) is 5.13. The molecule has 4 aromatic rings. The molecule has 0 amide bonds.